The van der Waals surface area contributed by atoms with E-state index in [0.29, 0.717) is 15.8 Å². The Balaban J connectivity index is 1.99. The molecule has 0 aliphatic heterocycles. The number of thiophene rings is 1. The van der Waals surface area contributed by atoms with Gasteiger partial charge in [0.1, 0.15) is 11.2 Å². The first-order valence-electron chi connectivity index (χ1n) is 5.09. The summed E-state index contributed by atoms with van der Waals surface area (Å²) in [6, 6.07) is 7.61. The highest BCUT2D eigenvalue weighted by molar-refractivity contribution is 7.21. The summed E-state index contributed by atoms with van der Waals surface area (Å²) in [6.07, 6.45) is 1.32. The summed E-state index contributed by atoms with van der Waals surface area (Å²) in [6.45, 7) is 0. The van der Waals surface area contributed by atoms with Crippen molar-refractivity contribution in [2.75, 3.05) is 5.32 Å². The predicted molar refractivity (Wildman–Crippen MR) is 71.2 cm³/mol. The number of halogens is 1. The lowest BCUT2D eigenvalue weighted by Gasteiger charge is -1.98. The van der Waals surface area contributed by atoms with Gasteiger partial charge in [0.05, 0.1) is 5.02 Å². The fourth-order valence-electron chi connectivity index (χ4n) is 1.59. The Hall–Kier alpha value is -1.92. The van der Waals surface area contributed by atoms with Crippen molar-refractivity contribution in [1.82, 2.24) is 15.2 Å². The summed E-state index contributed by atoms with van der Waals surface area (Å²) < 4.78 is 0.977. The monoisotopic (exact) mass is 278 g/mol. The van der Waals surface area contributed by atoms with Crippen LogP contribution in [0.2, 0.25) is 5.02 Å². The van der Waals surface area contributed by atoms with E-state index in [0.717, 1.165) is 10.1 Å². The molecule has 7 heteroatoms. The number of amides is 1. The van der Waals surface area contributed by atoms with Crippen molar-refractivity contribution in [3.63, 3.8) is 0 Å². The Labute approximate surface area is 111 Å². The molecule has 0 atom stereocenters. The SMILES string of the molecule is O=C(Nc1ncn[nH]1)c1sc2ccccc2c1Cl. The van der Waals surface area contributed by atoms with Gasteiger partial charge in [-0.2, -0.15) is 10.1 Å². The molecule has 1 amide bonds. The van der Waals surface area contributed by atoms with Crippen molar-refractivity contribution in [1.29, 1.82) is 0 Å². The van der Waals surface area contributed by atoms with Crippen LogP contribution in [0.15, 0.2) is 30.6 Å². The van der Waals surface area contributed by atoms with E-state index in [-0.39, 0.29) is 5.91 Å². The molecule has 0 saturated heterocycles. The Morgan fingerprint density at radius 3 is 2.94 bits per heavy atom. The van der Waals surface area contributed by atoms with Crippen LogP contribution in [0.3, 0.4) is 0 Å². The topological polar surface area (TPSA) is 70.7 Å². The number of rotatable bonds is 2. The van der Waals surface area contributed by atoms with Gasteiger partial charge in [0.15, 0.2) is 0 Å². The lowest BCUT2D eigenvalue weighted by atomic mass is 10.2. The maximum absolute atomic E-state index is 12.0. The molecule has 0 unspecified atom stereocenters. The maximum atomic E-state index is 12.0. The van der Waals surface area contributed by atoms with Gasteiger partial charge in [-0.25, -0.2) is 5.10 Å². The van der Waals surface area contributed by atoms with Crippen LogP contribution >= 0.6 is 22.9 Å². The minimum absolute atomic E-state index is 0.294. The van der Waals surface area contributed by atoms with E-state index in [2.05, 4.69) is 20.5 Å². The maximum Gasteiger partial charge on any atom is 0.269 e. The minimum atomic E-state index is -0.294. The number of fused-ring (bicyclic) bond motifs is 1. The number of H-pyrrole nitrogens is 1. The number of aromatic amines is 1. The van der Waals surface area contributed by atoms with Gasteiger partial charge in [0.2, 0.25) is 5.95 Å². The highest BCUT2D eigenvalue weighted by atomic mass is 35.5. The van der Waals surface area contributed by atoms with Gasteiger partial charge >= 0.3 is 0 Å². The second kappa shape index (κ2) is 4.40. The van der Waals surface area contributed by atoms with Crippen LogP contribution in [0.25, 0.3) is 10.1 Å². The van der Waals surface area contributed by atoms with Crippen LogP contribution in [0.5, 0.6) is 0 Å². The largest absolute Gasteiger partial charge is 0.290 e. The molecule has 1 aromatic carbocycles. The predicted octanol–water partition coefficient (Wildman–Crippen LogP) is 2.93. The summed E-state index contributed by atoms with van der Waals surface area (Å²) in [5.74, 6) is 0.00599. The highest BCUT2D eigenvalue weighted by Gasteiger charge is 2.17. The first kappa shape index (κ1) is 11.2. The van der Waals surface area contributed by atoms with Gasteiger partial charge in [-0.15, -0.1) is 11.3 Å². The number of hydrogen-bond donors (Lipinski definition) is 2. The van der Waals surface area contributed by atoms with Gasteiger partial charge in [0.25, 0.3) is 5.91 Å². The molecule has 0 saturated carbocycles. The Bertz CT molecular complexity index is 707. The summed E-state index contributed by atoms with van der Waals surface area (Å²) in [7, 11) is 0. The van der Waals surface area contributed by atoms with E-state index in [9.17, 15) is 4.79 Å². The number of carbonyl (C=O) groups is 1. The Morgan fingerprint density at radius 2 is 2.22 bits per heavy atom. The van der Waals surface area contributed by atoms with Gasteiger partial charge in [0, 0.05) is 10.1 Å². The molecule has 0 spiro atoms. The number of nitrogens with one attached hydrogen (secondary N) is 2. The summed E-state index contributed by atoms with van der Waals surface area (Å²) in [5, 5.41) is 10.2. The summed E-state index contributed by atoms with van der Waals surface area (Å²) in [5.41, 5.74) is 0. The number of carbonyl (C=O) groups excluding carboxylic acids is 1. The zero-order valence-electron chi connectivity index (χ0n) is 8.98. The third-order valence-electron chi connectivity index (χ3n) is 2.39. The zero-order valence-corrected chi connectivity index (χ0v) is 10.5. The van der Waals surface area contributed by atoms with Crippen molar-refractivity contribution in [3.8, 4) is 0 Å². The smallest absolute Gasteiger partial charge is 0.269 e. The van der Waals surface area contributed by atoms with Crippen molar-refractivity contribution < 1.29 is 4.79 Å². The van der Waals surface area contributed by atoms with Crippen molar-refractivity contribution in [2.45, 2.75) is 0 Å². The molecule has 0 aliphatic carbocycles. The molecular weight excluding hydrogens is 272 g/mol. The molecule has 0 bridgehead atoms. The van der Waals surface area contributed by atoms with E-state index >= 15 is 0 Å². The quantitative estimate of drug-likeness (QED) is 0.757. The summed E-state index contributed by atoms with van der Waals surface area (Å²) >= 11 is 7.54. The summed E-state index contributed by atoms with van der Waals surface area (Å²) in [4.78, 5) is 16.3. The van der Waals surface area contributed by atoms with E-state index in [1.165, 1.54) is 17.7 Å². The third kappa shape index (κ3) is 1.85. The molecular formula is C11H7ClN4OS. The van der Waals surface area contributed by atoms with Gasteiger partial charge in [-0.05, 0) is 6.07 Å². The van der Waals surface area contributed by atoms with Crippen LogP contribution in [-0.2, 0) is 0 Å². The lowest BCUT2D eigenvalue weighted by molar-refractivity contribution is 0.103. The van der Waals surface area contributed by atoms with Gasteiger partial charge in [-0.1, -0.05) is 29.8 Å². The highest BCUT2D eigenvalue weighted by Crippen LogP contribution is 2.35. The Morgan fingerprint density at radius 1 is 1.39 bits per heavy atom. The number of hydrogen-bond acceptors (Lipinski definition) is 4. The van der Waals surface area contributed by atoms with Gasteiger partial charge in [-0.3, -0.25) is 10.1 Å². The molecule has 3 rings (SSSR count). The number of aromatic nitrogens is 3. The zero-order chi connectivity index (χ0) is 12.5. The molecule has 3 aromatic rings. The first-order chi connectivity index (χ1) is 8.75. The number of nitrogens with zero attached hydrogens (tertiary/aromatic N) is 2. The number of anilines is 1. The van der Waals surface area contributed by atoms with Gasteiger partial charge < -0.3 is 0 Å². The van der Waals surface area contributed by atoms with E-state index < -0.39 is 0 Å². The lowest BCUT2D eigenvalue weighted by Crippen LogP contribution is -2.11. The standard InChI is InChI=1S/C11H7ClN4OS/c12-8-6-3-1-2-4-7(6)18-9(8)10(17)15-11-13-5-14-16-11/h1-5H,(H2,13,14,15,16,17). The van der Waals surface area contributed by atoms with E-state index in [1.54, 1.807) is 0 Å². The molecule has 2 aromatic heterocycles. The number of benzene rings is 1. The van der Waals surface area contributed by atoms with E-state index in [1.807, 2.05) is 24.3 Å². The minimum Gasteiger partial charge on any atom is -0.290 e. The van der Waals surface area contributed by atoms with Crippen molar-refractivity contribution in [3.05, 3.63) is 40.5 Å². The molecule has 5 nitrogen and oxygen atoms in total. The molecule has 2 N–H and O–H groups in total. The second-order valence-corrected chi connectivity index (χ2v) is 4.96. The first-order valence-corrected chi connectivity index (χ1v) is 6.29. The van der Waals surface area contributed by atoms with E-state index in [4.69, 9.17) is 11.6 Å². The molecule has 18 heavy (non-hydrogen) atoms. The van der Waals surface area contributed by atoms with Crippen molar-refractivity contribution in [2.24, 2.45) is 0 Å². The molecule has 2 heterocycles. The molecule has 0 aliphatic rings. The molecule has 0 fully saturated rings. The molecule has 90 valence electrons. The van der Waals surface area contributed by atoms with Crippen LogP contribution in [0.1, 0.15) is 9.67 Å². The molecule has 0 radical (unpaired) electrons. The third-order valence-corrected chi connectivity index (χ3v) is 4.06. The average molecular weight is 279 g/mol. The normalized spacial score (nSPS) is 10.7. The van der Waals surface area contributed by atoms with Crippen molar-refractivity contribution >= 4 is 44.9 Å². The van der Waals surface area contributed by atoms with Crippen LogP contribution < -0.4 is 5.32 Å². The van der Waals surface area contributed by atoms with Crippen LogP contribution in [0, 0.1) is 0 Å². The fraction of sp³-hybridized carbons (Fsp3) is 0. The Kier molecular flexibility index (Phi) is 2.73. The van der Waals surface area contributed by atoms with Crippen LogP contribution in [-0.4, -0.2) is 21.1 Å². The second-order valence-electron chi connectivity index (χ2n) is 3.53. The van der Waals surface area contributed by atoms with Crippen LogP contribution in [0.4, 0.5) is 5.95 Å². The fourth-order valence-corrected chi connectivity index (χ4v) is 3.00. The average Bonchev–Trinajstić information content (AvgIpc) is 2.98.